The van der Waals surface area contributed by atoms with E-state index in [1.807, 2.05) is 0 Å². The van der Waals surface area contributed by atoms with Crippen LogP contribution in [0.15, 0.2) is 11.8 Å². The maximum absolute atomic E-state index is 12.7. The minimum Gasteiger partial charge on any atom is -0.501 e. The molecule has 0 aromatic carbocycles. The molecule has 5 rings (SSSR count). The fourth-order valence-electron chi connectivity index (χ4n) is 5.31. The molecule has 1 heterocycles. The summed E-state index contributed by atoms with van der Waals surface area (Å²) in [6, 6.07) is 0. The lowest BCUT2D eigenvalue weighted by Crippen LogP contribution is -2.48. The number of hydrogen-bond acceptors (Lipinski definition) is 2. The van der Waals surface area contributed by atoms with Gasteiger partial charge in [0.25, 0.3) is 0 Å². The van der Waals surface area contributed by atoms with Gasteiger partial charge in [-0.3, -0.25) is 4.79 Å². The van der Waals surface area contributed by atoms with Gasteiger partial charge >= 0.3 is 0 Å². The molecule has 0 amide bonds. The molecule has 2 heteroatoms. The van der Waals surface area contributed by atoms with Crippen molar-refractivity contribution < 1.29 is 9.53 Å². The Labute approximate surface area is 109 Å². The maximum Gasteiger partial charge on any atom is 0.165 e. The zero-order valence-corrected chi connectivity index (χ0v) is 10.9. The molecule has 98 valence electrons. The number of ether oxygens (including phenoxy) is 1. The van der Waals surface area contributed by atoms with Crippen molar-refractivity contribution in [3.05, 3.63) is 11.8 Å². The Morgan fingerprint density at radius 1 is 1.06 bits per heavy atom. The molecule has 4 fully saturated rings. The number of carbonyl (C=O) groups excluding carboxylic acids is 1. The van der Waals surface area contributed by atoms with Gasteiger partial charge in [-0.25, -0.2) is 0 Å². The summed E-state index contributed by atoms with van der Waals surface area (Å²) < 4.78 is 5.36. The molecule has 0 N–H and O–H groups in total. The van der Waals surface area contributed by atoms with Crippen LogP contribution in [-0.2, 0) is 9.53 Å². The largest absolute Gasteiger partial charge is 0.501 e. The van der Waals surface area contributed by atoms with Crippen molar-refractivity contribution in [1.29, 1.82) is 0 Å². The van der Waals surface area contributed by atoms with Gasteiger partial charge in [0.15, 0.2) is 5.78 Å². The van der Waals surface area contributed by atoms with E-state index in [9.17, 15) is 4.79 Å². The van der Waals surface area contributed by atoms with Gasteiger partial charge in [-0.15, -0.1) is 0 Å². The van der Waals surface area contributed by atoms with Gasteiger partial charge in [-0.2, -0.15) is 0 Å². The Morgan fingerprint density at radius 3 is 2.28 bits per heavy atom. The lowest BCUT2D eigenvalue weighted by Gasteiger charge is -2.54. The van der Waals surface area contributed by atoms with E-state index in [2.05, 4.69) is 0 Å². The average molecular weight is 246 g/mol. The summed E-state index contributed by atoms with van der Waals surface area (Å²) in [5.41, 5.74) is 0.985. The summed E-state index contributed by atoms with van der Waals surface area (Å²) in [6.45, 7) is 0.790. The molecule has 0 unspecified atom stereocenters. The van der Waals surface area contributed by atoms with E-state index < -0.39 is 0 Å². The molecule has 18 heavy (non-hydrogen) atoms. The normalized spacial score (nSPS) is 45.6. The van der Waals surface area contributed by atoms with Crippen LogP contribution < -0.4 is 0 Å². The van der Waals surface area contributed by atoms with Crippen molar-refractivity contribution in [3.63, 3.8) is 0 Å². The van der Waals surface area contributed by atoms with Gasteiger partial charge < -0.3 is 4.74 Å². The minimum absolute atomic E-state index is 0.353. The summed E-state index contributed by atoms with van der Waals surface area (Å²) >= 11 is 0. The van der Waals surface area contributed by atoms with Crippen LogP contribution in [0.25, 0.3) is 0 Å². The fourth-order valence-corrected chi connectivity index (χ4v) is 5.31. The first-order valence-corrected chi connectivity index (χ1v) is 7.66. The Kier molecular flexibility index (Phi) is 2.53. The number of rotatable bonds is 2. The van der Waals surface area contributed by atoms with Crippen molar-refractivity contribution in [1.82, 2.24) is 0 Å². The standard InChI is InChI=1S/C16H22O2/c17-16(12-2-1-3-18-9-12)15-13-5-10-4-11(7-13)8-14(15)6-10/h9-11,13-15H,1-8H2. The first kappa shape index (κ1) is 11.1. The Bertz CT molecular complexity index is 368. The van der Waals surface area contributed by atoms with E-state index in [0.717, 1.165) is 36.9 Å². The zero-order valence-electron chi connectivity index (χ0n) is 10.9. The smallest absolute Gasteiger partial charge is 0.165 e. The first-order chi connectivity index (χ1) is 8.81. The molecule has 0 aromatic rings. The van der Waals surface area contributed by atoms with E-state index >= 15 is 0 Å². The fraction of sp³-hybridized carbons (Fsp3) is 0.812. The molecule has 0 radical (unpaired) electrons. The molecule has 0 atom stereocenters. The Morgan fingerprint density at radius 2 is 1.72 bits per heavy atom. The van der Waals surface area contributed by atoms with Crippen molar-refractivity contribution >= 4 is 5.78 Å². The summed E-state index contributed by atoms with van der Waals surface area (Å²) in [5, 5.41) is 0. The maximum atomic E-state index is 12.7. The van der Waals surface area contributed by atoms with Gasteiger partial charge in [-0.05, 0) is 68.6 Å². The molecule has 0 saturated heterocycles. The highest BCUT2D eigenvalue weighted by atomic mass is 16.5. The predicted molar refractivity (Wildman–Crippen MR) is 68.8 cm³/mol. The van der Waals surface area contributed by atoms with E-state index in [1.54, 1.807) is 6.26 Å². The SMILES string of the molecule is O=C(C1=COCCC1)C1C2CC3CC(C2)CC1C3. The van der Waals surface area contributed by atoms with Crippen molar-refractivity contribution in [2.24, 2.45) is 29.6 Å². The highest BCUT2D eigenvalue weighted by Crippen LogP contribution is 2.57. The second-order valence-electron chi connectivity index (χ2n) is 6.94. The third kappa shape index (κ3) is 1.64. The second-order valence-corrected chi connectivity index (χ2v) is 6.94. The Balaban J connectivity index is 1.57. The number of Topliss-reactive ketones (excluding diaryl/α,β-unsaturated/α-hetero) is 1. The van der Waals surface area contributed by atoms with Crippen molar-refractivity contribution in [2.45, 2.75) is 44.9 Å². The third-order valence-electron chi connectivity index (χ3n) is 5.78. The van der Waals surface area contributed by atoms with Gasteiger partial charge in [-0.1, -0.05) is 0 Å². The molecular weight excluding hydrogens is 224 g/mol. The van der Waals surface area contributed by atoms with Gasteiger partial charge in [0, 0.05) is 11.5 Å². The number of allylic oxidation sites excluding steroid dienone is 1. The zero-order chi connectivity index (χ0) is 12.1. The quantitative estimate of drug-likeness (QED) is 0.747. The summed E-state index contributed by atoms with van der Waals surface area (Å²) in [6.07, 6.45) is 10.5. The summed E-state index contributed by atoms with van der Waals surface area (Å²) in [7, 11) is 0. The second kappa shape index (κ2) is 4.11. The first-order valence-electron chi connectivity index (χ1n) is 7.66. The lowest BCUT2D eigenvalue weighted by molar-refractivity contribution is -0.132. The molecule has 4 aliphatic carbocycles. The van der Waals surface area contributed by atoms with Crippen LogP contribution in [0.4, 0.5) is 0 Å². The highest BCUT2D eigenvalue weighted by Gasteiger charge is 2.50. The van der Waals surface area contributed by atoms with Crippen LogP contribution in [0.2, 0.25) is 0 Å². The summed E-state index contributed by atoms with van der Waals surface area (Å²) in [5.74, 6) is 4.11. The van der Waals surface area contributed by atoms with Crippen LogP contribution >= 0.6 is 0 Å². The average Bonchev–Trinajstić information content (AvgIpc) is 2.38. The van der Waals surface area contributed by atoms with Crippen LogP contribution in [0.5, 0.6) is 0 Å². The molecule has 0 spiro atoms. The topological polar surface area (TPSA) is 26.3 Å². The minimum atomic E-state index is 0.353. The van der Waals surface area contributed by atoms with Crippen LogP contribution in [0.1, 0.15) is 44.9 Å². The number of carbonyl (C=O) groups is 1. The predicted octanol–water partition coefficient (Wildman–Crippen LogP) is 3.32. The van der Waals surface area contributed by atoms with Crippen molar-refractivity contribution in [3.8, 4) is 0 Å². The van der Waals surface area contributed by atoms with Gasteiger partial charge in [0.1, 0.15) is 0 Å². The Hall–Kier alpha value is -0.790. The molecule has 1 aliphatic heterocycles. The van der Waals surface area contributed by atoms with E-state index in [4.69, 9.17) is 4.74 Å². The summed E-state index contributed by atoms with van der Waals surface area (Å²) in [4.78, 5) is 12.7. The van der Waals surface area contributed by atoms with Crippen LogP contribution in [-0.4, -0.2) is 12.4 Å². The van der Waals surface area contributed by atoms with E-state index in [-0.39, 0.29) is 0 Å². The molecule has 0 aromatic heterocycles. The van der Waals surface area contributed by atoms with Gasteiger partial charge in [0.05, 0.1) is 12.9 Å². The van der Waals surface area contributed by atoms with E-state index in [1.165, 1.54) is 32.1 Å². The number of hydrogen-bond donors (Lipinski definition) is 0. The van der Waals surface area contributed by atoms with Crippen molar-refractivity contribution in [2.75, 3.05) is 6.61 Å². The van der Waals surface area contributed by atoms with E-state index in [0.29, 0.717) is 23.5 Å². The van der Waals surface area contributed by atoms with Crippen LogP contribution in [0, 0.1) is 29.6 Å². The molecule has 5 aliphatic rings. The monoisotopic (exact) mass is 246 g/mol. The molecular formula is C16H22O2. The third-order valence-corrected chi connectivity index (χ3v) is 5.78. The molecule has 4 bridgehead atoms. The number of ketones is 1. The van der Waals surface area contributed by atoms with Gasteiger partial charge in [0.2, 0.25) is 0 Å². The highest BCUT2D eigenvalue weighted by molar-refractivity contribution is 5.97. The molecule has 2 nitrogen and oxygen atoms in total. The lowest BCUT2D eigenvalue weighted by atomic mass is 9.50. The van der Waals surface area contributed by atoms with Crippen LogP contribution in [0.3, 0.4) is 0 Å². The molecule has 4 saturated carbocycles.